The van der Waals surface area contributed by atoms with Crippen LogP contribution in [0.4, 0.5) is 0 Å². The first kappa shape index (κ1) is 17.6. The number of carbonyl (C=O) groups excluding carboxylic acids is 1. The molecular weight excluding hydrogens is 262 g/mol. The number of halogens is 1. The number of rotatable bonds is 6. The summed E-state index contributed by atoms with van der Waals surface area (Å²) in [5.41, 5.74) is 3.82. The van der Waals surface area contributed by atoms with Crippen LogP contribution in [0.3, 0.4) is 0 Å². The molecule has 0 heterocycles. The van der Waals surface area contributed by atoms with Gasteiger partial charge in [-0.2, -0.15) is 5.10 Å². The molecule has 0 atom stereocenters. The fraction of sp³-hybridized carbons (Fsp3) is 0.429. The highest BCUT2D eigenvalue weighted by Gasteiger charge is 2.12. The number of hydrogen-bond acceptors (Lipinski definition) is 2. The van der Waals surface area contributed by atoms with Gasteiger partial charge in [0.2, 0.25) is 0 Å². The predicted octanol–water partition coefficient (Wildman–Crippen LogP) is -1.57. The zero-order valence-corrected chi connectivity index (χ0v) is 12.5. The Balaban J connectivity index is 0.00000324. The number of hydrazone groups is 1. The van der Waals surface area contributed by atoms with Gasteiger partial charge in [-0.3, -0.25) is 4.79 Å². The van der Waals surface area contributed by atoms with E-state index in [1.807, 2.05) is 39.3 Å². The molecule has 0 unspecified atom stereocenters. The summed E-state index contributed by atoms with van der Waals surface area (Å²) < 4.78 is 0.603. The second-order valence-corrected chi connectivity index (χ2v) is 5.32. The van der Waals surface area contributed by atoms with Crippen molar-refractivity contribution >= 4 is 12.1 Å². The van der Waals surface area contributed by atoms with E-state index >= 15 is 0 Å². The molecule has 1 rings (SSSR count). The third kappa shape index (κ3) is 9.22. The molecule has 0 saturated carbocycles. The molecule has 106 valence electrons. The number of aryl methyl sites for hydroxylation is 1. The summed E-state index contributed by atoms with van der Waals surface area (Å²) in [6.45, 7) is 0.427. The smallest absolute Gasteiger partial charge is 0.295 e. The van der Waals surface area contributed by atoms with Crippen LogP contribution < -0.4 is 17.8 Å². The van der Waals surface area contributed by atoms with Gasteiger partial charge in [0.15, 0.2) is 6.54 Å². The Morgan fingerprint density at radius 3 is 2.47 bits per heavy atom. The zero-order valence-electron chi connectivity index (χ0n) is 11.8. The standard InChI is InChI=1S/C14H21N3O.ClH/c1-17(2,3)12-14(18)16-15-11-7-10-13-8-5-4-6-9-13;/h4-6,8-9,11H,7,10,12H2,1-3H3;1H. The van der Waals surface area contributed by atoms with Crippen molar-refractivity contribution in [2.75, 3.05) is 27.7 Å². The molecule has 0 bridgehead atoms. The van der Waals surface area contributed by atoms with Crippen LogP contribution in [-0.2, 0) is 11.2 Å². The summed E-state index contributed by atoms with van der Waals surface area (Å²) in [4.78, 5) is 11.5. The predicted molar refractivity (Wildman–Crippen MR) is 74.3 cm³/mol. The number of nitrogens with zero attached hydrogens (tertiary/aromatic N) is 2. The van der Waals surface area contributed by atoms with Gasteiger partial charge < -0.3 is 16.9 Å². The maximum Gasteiger partial charge on any atom is 0.295 e. The highest BCUT2D eigenvalue weighted by atomic mass is 35.5. The summed E-state index contributed by atoms with van der Waals surface area (Å²) in [7, 11) is 5.91. The first-order valence-corrected chi connectivity index (χ1v) is 6.12. The van der Waals surface area contributed by atoms with Crippen molar-refractivity contribution in [2.45, 2.75) is 12.8 Å². The molecule has 1 amide bonds. The van der Waals surface area contributed by atoms with Crippen molar-refractivity contribution in [2.24, 2.45) is 5.10 Å². The van der Waals surface area contributed by atoms with Crippen molar-refractivity contribution in [1.29, 1.82) is 0 Å². The van der Waals surface area contributed by atoms with Gasteiger partial charge in [-0.15, -0.1) is 0 Å². The second-order valence-electron chi connectivity index (χ2n) is 5.32. The van der Waals surface area contributed by atoms with E-state index in [0.717, 1.165) is 12.8 Å². The zero-order chi connectivity index (χ0) is 13.4. The second kappa shape index (κ2) is 8.67. The minimum absolute atomic E-state index is 0. The average molecular weight is 284 g/mol. The van der Waals surface area contributed by atoms with Crippen molar-refractivity contribution in [1.82, 2.24) is 5.43 Å². The molecule has 1 N–H and O–H groups in total. The Kier molecular flexibility index (Phi) is 8.03. The lowest BCUT2D eigenvalue weighted by molar-refractivity contribution is -0.862. The van der Waals surface area contributed by atoms with Crippen LogP contribution in [0.15, 0.2) is 35.4 Å². The molecule has 0 aliphatic carbocycles. The van der Waals surface area contributed by atoms with E-state index in [4.69, 9.17) is 0 Å². The quantitative estimate of drug-likeness (QED) is 0.383. The molecule has 4 nitrogen and oxygen atoms in total. The maximum absolute atomic E-state index is 11.5. The minimum atomic E-state index is -0.0570. The van der Waals surface area contributed by atoms with E-state index in [9.17, 15) is 4.79 Å². The normalized spacial score (nSPS) is 11.1. The lowest BCUT2D eigenvalue weighted by Crippen LogP contribution is -3.00. The maximum atomic E-state index is 11.5. The third-order valence-electron chi connectivity index (χ3n) is 2.30. The minimum Gasteiger partial charge on any atom is -1.00 e. The largest absolute Gasteiger partial charge is 1.00 e. The van der Waals surface area contributed by atoms with E-state index in [1.54, 1.807) is 6.21 Å². The summed E-state index contributed by atoms with van der Waals surface area (Å²) >= 11 is 0. The number of quaternary nitrogens is 1. The molecule has 0 aromatic heterocycles. The molecule has 0 fully saturated rings. The number of hydrogen-bond donors (Lipinski definition) is 1. The fourth-order valence-corrected chi connectivity index (χ4v) is 1.52. The Labute approximate surface area is 121 Å². The van der Waals surface area contributed by atoms with Gasteiger partial charge in [-0.1, -0.05) is 30.3 Å². The molecule has 5 heteroatoms. The SMILES string of the molecule is C[N+](C)(C)CC(=O)NN=CCCc1ccccc1.[Cl-]. The molecule has 1 aromatic rings. The van der Waals surface area contributed by atoms with Crippen molar-refractivity contribution in [3.05, 3.63) is 35.9 Å². The summed E-state index contributed by atoms with van der Waals surface area (Å²) in [6, 6.07) is 10.2. The summed E-state index contributed by atoms with van der Waals surface area (Å²) in [5.74, 6) is -0.0570. The van der Waals surface area contributed by atoms with Crippen LogP contribution in [0.5, 0.6) is 0 Å². The van der Waals surface area contributed by atoms with Crippen molar-refractivity contribution in [3.8, 4) is 0 Å². The average Bonchev–Trinajstić information content (AvgIpc) is 2.27. The molecule has 0 spiro atoms. The lowest BCUT2D eigenvalue weighted by Gasteiger charge is -2.21. The van der Waals surface area contributed by atoms with Gasteiger partial charge >= 0.3 is 0 Å². The lowest BCUT2D eigenvalue weighted by atomic mass is 10.1. The Hall–Kier alpha value is -1.39. The van der Waals surface area contributed by atoms with Crippen LogP contribution in [0.2, 0.25) is 0 Å². The van der Waals surface area contributed by atoms with E-state index in [1.165, 1.54) is 5.56 Å². The van der Waals surface area contributed by atoms with Crippen molar-refractivity contribution < 1.29 is 21.7 Å². The van der Waals surface area contributed by atoms with Crippen LogP contribution in [0.1, 0.15) is 12.0 Å². The first-order valence-electron chi connectivity index (χ1n) is 6.12. The molecule has 1 aromatic carbocycles. The summed E-state index contributed by atoms with van der Waals surface area (Å²) in [6.07, 6.45) is 3.52. The van der Waals surface area contributed by atoms with Gasteiger partial charge in [0.25, 0.3) is 5.91 Å². The van der Waals surface area contributed by atoms with E-state index in [-0.39, 0.29) is 18.3 Å². The number of benzene rings is 1. The highest BCUT2D eigenvalue weighted by Crippen LogP contribution is 2.00. The summed E-state index contributed by atoms with van der Waals surface area (Å²) in [5, 5.41) is 3.94. The van der Waals surface area contributed by atoms with E-state index in [2.05, 4.69) is 22.7 Å². The topological polar surface area (TPSA) is 41.5 Å². The van der Waals surface area contributed by atoms with E-state index in [0.29, 0.717) is 11.0 Å². The van der Waals surface area contributed by atoms with Crippen molar-refractivity contribution in [3.63, 3.8) is 0 Å². The Morgan fingerprint density at radius 2 is 1.89 bits per heavy atom. The molecule has 19 heavy (non-hydrogen) atoms. The Morgan fingerprint density at radius 1 is 1.26 bits per heavy atom. The monoisotopic (exact) mass is 283 g/mol. The number of nitrogens with one attached hydrogen (secondary N) is 1. The Bertz CT molecular complexity index is 399. The molecular formula is C14H22ClN3O. The fourth-order valence-electron chi connectivity index (χ4n) is 1.52. The number of likely N-dealkylation sites (N-methyl/N-ethyl adjacent to an activating group) is 1. The van der Waals surface area contributed by atoms with E-state index < -0.39 is 0 Å². The number of carbonyl (C=O) groups is 1. The van der Waals surface area contributed by atoms with Gasteiger partial charge in [0.05, 0.1) is 21.1 Å². The van der Waals surface area contributed by atoms with Gasteiger partial charge in [0, 0.05) is 6.21 Å². The van der Waals surface area contributed by atoms with Crippen LogP contribution in [0.25, 0.3) is 0 Å². The van der Waals surface area contributed by atoms with Gasteiger partial charge in [0.1, 0.15) is 0 Å². The van der Waals surface area contributed by atoms with Crippen LogP contribution in [0, 0.1) is 0 Å². The molecule has 0 aliphatic heterocycles. The third-order valence-corrected chi connectivity index (χ3v) is 2.30. The van der Waals surface area contributed by atoms with Gasteiger partial charge in [-0.25, -0.2) is 5.43 Å². The molecule has 0 aliphatic rings. The first-order chi connectivity index (χ1) is 8.47. The van der Waals surface area contributed by atoms with Gasteiger partial charge in [-0.05, 0) is 18.4 Å². The van der Waals surface area contributed by atoms with Crippen LogP contribution in [-0.4, -0.2) is 44.3 Å². The molecule has 0 radical (unpaired) electrons. The molecule has 0 saturated heterocycles. The highest BCUT2D eigenvalue weighted by molar-refractivity contribution is 5.77. The number of amides is 1. The van der Waals surface area contributed by atoms with Crippen LogP contribution >= 0.6 is 0 Å².